The van der Waals surface area contributed by atoms with E-state index in [1.165, 1.54) is 23.8 Å². The largest absolute Gasteiger partial charge is 0.311 e. The highest BCUT2D eigenvalue weighted by Gasteiger charge is 2.26. The first-order valence-electron chi connectivity index (χ1n) is 7.76. The second-order valence-corrected chi connectivity index (χ2v) is 6.50. The maximum Gasteiger partial charge on any atom is 0.0758 e. The predicted molar refractivity (Wildman–Crippen MR) is 91.4 cm³/mol. The minimum atomic E-state index is 0.854. The van der Waals surface area contributed by atoms with Crippen molar-refractivity contribution in [3.05, 3.63) is 40.5 Å². The van der Waals surface area contributed by atoms with Crippen molar-refractivity contribution in [1.82, 2.24) is 15.2 Å². The average molecular weight is 348 g/mol. The summed E-state index contributed by atoms with van der Waals surface area (Å²) in [5, 5.41) is 4.75. The molecule has 1 aliphatic carbocycles. The van der Waals surface area contributed by atoms with Crippen LogP contribution >= 0.6 is 15.9 Å². The number of pyridine rings is 1. The third-order valence-corrected chi connectivity index (χ3v) is 4.85. The molecule has 1 fully saturated rings. The molecule has 2 aromatic rings. The van der Waals surface area contributed by atoms with Crippen LogP contribution in [0.3, 0.4) is 0 Å². The second kappa shape index (κ2) is 6.86. The Morgan fingerprint density at radius 3 is 2.95 bits per heavy atom. The molecule has 1 aliphatic rings. The standard InChI is InChI=1S/C17H22BrN3/c1-2-21(14-6-7-14)11-10-19-12-13-5-8-16(18)15-4-3-9-20-17(13)15/h3-5,8-9,14,19H,2,6-7,10-12H2,1H3. The van der Waals surface area contributed by atoms with Gasteiger partial charge in [-0.15, -0.1) is 0 Å². The summed E-state index contributed by atoms with van der Waals surface area (Å²) in [7, 11) is 0. The topological polar surface area (TPSA) is 28.2 Å². The van der Waals surface area contributed by atoms with Crippen LogP contribution in [0.5, 0.6) is 0 Å². The van der Waals surface area contributed by atoms with E-state index in [0.29, 0.717) is 0 Å². The molecule has 0 spiro atoms. The third kappa shape index (κ3) is 3.62. The van der Waals surface area contributed by atoms with E-state index in [9.17, 15) is 0 Å². The Hall–Kier alpha value is -0.970. The number of benzene rings is 1. The van der Waals surface area contributed by atoms with Crippen LogP contribution in [0.15, 0.2) is 34.9 Å². The van der Waals surface area contributed by atoms with Gasteiger partial charge < -0.3 is 5.32 Å². The molecule has 0 unspecified atom stereocenters. The van der Waals surface area contributed by atoms with Gasteiger partial charge in [0.2, 0.25) is 0 Å². The fourth-order valence-corrected chi connectivity index (χ4v) is 3.28. The fourth-order valence-electron chi connectivity index (χ4n) is 2.82. The van der Waals surface area contributed by atoms with Crippen LogP contribution in [-0.2, 0) is 6.54 Å². The summed E-state index contributed by atoms with van der Waals surface area (Å²) in [6.45, 7) is 6.47. The number of nitrogens with one attached hydrogen (secondary N) is 1. The molecule has 1 N–H and O–H groups in total. The van der Waals surface area contributed by atoms with Crippen LogP contribution in [0.4, 0.5) is 0 Å². The van der Waals surface area contributed by atoms with Crippen molar-refractivity contribution in [2.45, 2.75) is 32.4 Å². The van der Waals surface area contributed by atoms with Crippen LogP contribution < -0.4 is 5.32 Å². The number of hydrogen-bond donors (Lipinski definition) is 1. The van der Waals surface area contributed by atoms with Gasteiger partial charge in [0.15, 0.2) is 0 Å². The van der Waals surface area contributed by atoms with E-state index >= 15 is 0 Å². The highest BCUT2D eigenvalue weighted by molar-refractivity contribution is 9.10. The number of halogens is 1. The van der Waals surface area contributed by atoms with Gasteiger partial charge in [-0.2, -0.15) is 0 Å². The lowest BCUT2D eigenvalue weighted by atomic mass is 10.1. The van der Waals surface area contributed by atoms with Crippen molar-refractivity contribution in [2.24, 2.45) is 0 Å². The Labute approximate surface area is 134 Å². The van der Waals surface area contributed by atoms with E-state index in [0.717, 1.165) is 42.2 Å². The highest BCUT2D eigenvalue weighted by Crippen LogP contribution is 2.26. The van der Waals surface area contributed by atoms with Gasteiger partial charge in [0.05, 0.1) is 5.52 Å². The molecule has 1 aromatic carbocycles. The zero-order chi connectivity index (χ0) is 14.7. The highest BCUT2D eigenvalue weighted by atomic mass is 79.9. The normalized spacial score (nSPS) is 15.0. The molecule has 1 saturated carbocycles. The summed E-state index contributed by atoms with van der Waals surface area (Å²) in [6, 6.07) is 9.22. The summed E-state index contributed by atoms with van der Waals surface area (Å²) in [4.78, 5) is 7.10. The fraction of sp³-hybridized carbons (Fsp3) is 0.471. The number of rotatable bonds is 7. The molecule has 0 radical (unpaired) electrons. The first-order chi connectivity index (χ1) is 10.3. The van der Waals surface area contributed by atoms with Gasteiger partial charge in [0.1, 0.15) is 0 Å². The first-order valence-corrected chi connectivity index (χ1v) is 8.55. The molecule has 112 valence electrons. The number of fused-ring (bicyclic) bond motifs is 1. The van der Waals surface area contributed by atoms with E-state index in [-0.39, 0.29) is 0 Å². The Kier molecular flexibility index (Phi) is 4.88. The van der Waals surface area contributed by atoms with Gasteiger partial charge in [-0.3, -0.25) is 9.88 Å². The predicted octanol–water partition coefficient (Wildman–Crippen LogP) is 3.57. The van der Waals surface area contributed by atoms with Gasteiger partial charge >= 0.3 is 0 Å². The van der Waals surface area contributed by atoms with E-state index in [1.807, 2.05) is 12.3 Å². The van der Waals surface area contributed by atoms with Crippen LogP contribution in [0, 0.1) is 0 Å². The molecule has 21 heavy (non-hydrogen) atoms. The average Bonchev–Trinajstić information content (AvgIpc) is 3.34. The molecule has 0 atom stereocenters. The first kappa shape index (κ1) is 14.9. The van der Waals surface area contributed by atoms with E-state index < -0.39 is 0 Å². The molecular weight excluding hydrogens is 326 g/mol. The molecule has 1 aromatic heterocycles. The van der Waals surface area contributed by atoms with E-state index in [1.54, 1.807) is 0 Å². The Bertz CT molecular complexity index is 610. The molecule has 1 heterocycles. The Morgan fingerprint density at radius 1 is 1.33 bits per heavy atom. The molecule has 3 nitrogen and oxygen atoms in total. The summed E-state index contributed by atoms with van der Waals surface area (Å²) >= 11 is 3.60. The monoisotopic (exact) mass is 347 g/mol. The second-order valence-electron chi connectivity index (χ2n) is 5.64. The summed E-state index contributed by atoms with van der Waals surface area (Å²) in [5.74, 6) is 0. The van der Waals surface area contributed by atoms with Crippen molar-refractivity contribution < 1.29 is 0 Å². The smallest absolute Gasteiger partial charge is 0.0758 e. The Morgan fingerprint density at radius 2 is 2.19 bits per heavy atom. The van der Waals surface area contributed by atoms with Crippen molar-refractivity contribution in [3.63, 3.8) is 0 Å². The van der Waals surface area contributed by atoms with Gasteiger partial charge in [0.25, 0.3) is 0 Å². The van der Waals surface area contributed by atoms with Crippen molar-refractivity contribution in [2.75, 3.05) is 19.6 Å². The molecule has 0 bridgehead atoms. The minimum absolute atomic E-state index is 0.854. The minimum Gasteiger partial charge on any atom is -0.311 e. The van der Waals surface area contributed by atoms with Crippen LogP contribution in [0.1, 0.15) is 25.3 Å². The lowest BCUT2D eigenvalue weighted by Crippen LogP contribution is -2.33. The number of aromatic nitrogens is 1. The van der Waals surface area contributed by atoms with Crippen LogP contribution in [0.2, 0.25) is 0 Å². The summed E-state index contributed by atoms with van der Waals surface area (Å²) in [6.07, 6.45) is 4.63. The molecule has 0 saturated heterocycles. The SMILES string of the molecule is CCN(CCNCc1ccc(Br)c2cccnc12)C1CC1. The molecule has 0 amide bonds. The zero-order valence-electron chi connectivity index (χ0n) is 12.5. The summed E-state index contributed by atoms with van der Waals surface area (Å²) < 4.78 is 1.11. The quantitative estimate of drug-likeness (QED) is 0.776. The maximum atomic E-state index is 4.53. The van der Waals surface area contributed by atoms with Crippen LogP contribution in [0.25, 0.3) is 10.9 Å². The molecular formula is C17H22BrN3. The van der Waals surface area contributed by atoms with E-state index in [2.05, 4.69) is 56.3 Å². The van der Waals surface area contributed by atoms with Gasteiger partial charge in [0, 0.05) is 41.7 Å². The van der Waals surface area contributed by atoms with Crippen molar-refractivity contribution in [1.29, 1.82) is 0 Å². The van der Waals surface area contributed by atoms with Gasteiger partial charge in [-0.25, -0.2) is 0 Å². The third-order valence-electron chi connectivity index (χ3n) is 4.16. The lowest BCUT2D eigenvalue weighted by Gasteiger charge is -2.19. The maximum absolute atomic E-state index is 4.53. The molecule has 4 heteroatoms. The van der Waals surface area contributed by atoms with Crippen LogP contribution in [-0.4, -0.2) is 35.6 Å². The van der Waals surface area contributed by atoms with Gasteiger partial charge in [-0.05, 0) is 37.1 Å². The van der Waals surface area contributed by atoms with Gasteiger partial charge in [-0.1, -0.05) is 35.0 Å². The van der Waals surface area contributed by atoms with E-state index in [4.69, 9.17) is 0 Å². The lowest BCUT2D eigenvalue weighted by molar-refractivity contribution is 0.277. The number of nitrogens with zero attached hydrogens (tertiary/aromatic N) is 2. The Balaban J connectivity index is 1.59. The molecule has 0 aliphatic heterocycles. The van der Waals surface area contributed by atoms with Crippen molar-refractivity contribution >= 4 is 26.8 Å². The zero-order valence-corrected chi connectivity index (χ0v) is 14.1. The number of hydrogen-bond acceptors (Lipinski definition) is 3. The number of likely N-dealkylation sites (N-methyl/N-ethyl adjacent to an activating group) is 1. The van der Waals surface area contributed by atoms with Crippen molar-refractivity contribution in [3.8, 4) is 0 Å². The summed E-state index contributed by atoms with van der Waals surface area (Å²) in [5.41, 5.74) is 2.36. The molecule has 3 rings (SSSR count).